The van der Waals surface area contributed by atoms with Gasteiger partial charge in [0.25, 0.3) is 0 Å². The maximum absolute atomic E-state index is 12.0. The summed E-state index contributed by atoms with van der Waals surface area (Å²) in [4.78, 5) is 13.9. The highest BCUT2D eigenvalue weighted by Crippen LogP contribution is 2.16. The number of carbonyl (C=O) groups excluding carboxylic acids is 1. The van der Waals surface area contributed by atoms with Crippen molar-refractivity contribution in [1.29, 1.82) is 0 Å². The Kier molecular flexibility index (Phi) is 4.39. The molecule has 1 atom stereocenters. The number of carbonyl (C=O) groups is 1. The van der Waals surface area contributed by atoms with Gasteiger partial charge in [-0.2, -0.15) is 0 Å². The second-order valence-corrected chi connectivity index (χ2v) is 4.90. The number of piperazine rings is 1. The molecule has 0 radical (unpaired) electrons. The molecule has 0 saturated carbocycles. The normalized spacial score (nSPS) is 20.3. The fourth-order valence-electron chi connectivity index (χ4n) is 2.01. The van der Waals surface area contributed by atoms with Gasteiger partial charge < -0.3 is 10.2 Å². The zero-order valence-corrected chi connectivity index (χ0v) is 11.2. The highest BCUT2D eigenvalue weighted by Gasteiger charge is 2.18. The number of nitrogens with zero attached hydrogens (tertiary/aromatic N) is 1. The summed E-state index contributed by atoms with van der Waals surface area (Å²) in [5, 5.41) is 3.97. The summed E-state index contributed by atoms with van der Waals surface area (Å²) in [7, 11) is 0. The minimum atomic E-state index is 0.0447. The van der Waals surface area contributed by atoms with E-state index < -0.39 is 0 Å². The van der Waals surface area contributed by atoms with E-state index in [1.807, 2.05) is 29.2 Å². The molecule has 0 spiro atoms. The minimum Gasteiger partial charge on any atom is -0.336 e. The third kappa shape index (κ3) is 3.34. The predicted molar refractivity (Wildman–Crippen MR) is 74.5 cm³/mol. The molecule has 0 aliphatic carbocycles. The molecule has 1 amide bonds. The maximum Gasteiger partial charge on any atom is 0.246 e. The molecule has 1 N–H and O–H groups in total. The Morgan fingerprint density at radius 1 is 1.50 bits per heavy atom. The lowest BCUT2D eigenvalue weighted by Crippen LogP contribution is -2.50. The van der Waals surface area contributed by atoms with Gasteiger partial charge in [0.1, 0.15) is 0 Å². The number of hydrogen-bond acceptors (Lipinski definition) is 2. The monoisotopic (exact) mass is 264 g/mol. The van der Waals surface area contributed by atoms with Crippen molar-refractivity contribution in [2.75, 3.05) is 19.6 Å². The molecule has 1 unspecified atom stereocenters. The van der Waals surface area contributed by atoms with Gasteiger partial charge in [-0.3, -0.25) is 4.79 Å². The predicted octanol–water partition coefficient (Wildman–Crippen LogP) is 2.17. The van der Waals surface area contributed by atoms with Gasteiger partial charge >= 0.3 is 0 Å². The molecule has 1 aromatic rings. The number of amides is 1. The van der Waals surface area contributed by atoms with E-state index in [0.717, 1.165) is 25.2 Å². The molecule has 1 aliphatic heterocycles. The van der Waals surface area contributed by atoms with Gasteiger partial charge in [0.05, 0.1) is 0 Å². The van der Waals surface area contributed by atoms with E-state index in [9.17, 15) is 4.79 Å². The van der Waals surface area contributed by atoms with Gasteiger partial charge in [-0.1, -0.05) is 29.8 Å². The average molecular weight is 265 g/mol. The Balaban J connectivity index is 2.01. The quantitative estimate of drug-likeness (QED) is 0.831. The van der Waals surface area contributed by atoms with Gasteiger partial charge in [0, 0.05) is 36.8 Å². The Morgan fingerprint density at radius 2 is 2.28 bits per heavy atom. The van der Waals surface area contributed by atoms with Crippen LogP contribution >= 0.6 is 11.6 Å². The average Bonchev–Trinajstić information content (AvgIpc) is 2.37. The second kappa shape index (κ2) is 6.03. The molecule has 1 heterocycles. The van der Waals surface area contributed by atoms with Crippen LogP contribution in [-0.2, 0) is 4.79 Å². The van der Waals surface area contributed by atoms with E-state index in [1.165, 1.54) is 0 Å². The van der Waals surface area contributed by atoms with Crippen LogP contribution in [0.2, 0.25) is 5.02 Å². The zero-order valence-electron chi connectivity index (χ0n) is 10.4. The first-order chi connectivity index (χ1) is 8.66. The van der Waals surface area contributed by atoms with E-state index >= 15 is 0 Å². The van der Waals surface area contributed by atoms with E-state index in [1.54, 1.807) is 12.2 Å². The number of halogens is 1. The first-order valence-electron chi connectivity index (χ1n) is 6.12. The number of benzene rings is 1. The van der Waals surface area contributed by atoms with Crippen molar-refractivity contribution in [1.82, 2.24) is 10.2 Å². The lowest BCUT2D eigenvalue weighted by atomic mass is 10.2. The summed E-state index contributed by atoms with van der Waals surface area (Å²) in [6.07, 6.45) is 3.37. The van der Waals surface area contributed by atoms with Gasteiger partial charge in [-0.05, 0) is 24.6 Å². The molecule has 1 fully saturated rings. The molecule has 0 aromatic heterocycles. The molecular formula is C14H17ClN2O. The number of rotatable bonds is 2. The van der Waals surface area contributed by atoms with Crippen LogP contribution in [-0.4, -0.2) is 36.5 Å². The molecule has 1 aromatic carbocycles. The lowest BCUT2D eigenvalue weighted by Gasteiger charge is -2.31. The van der Waals surface area contributed by atoms with Gasteiger partial charge in [-0.25, -0.2) is 0 Å². The maximum atomic E-state index is 12.0. The van der Waals surface area contributed by atoms with Crippen LogP contribution in [0.15, 0.2) is 30.3 Å². The van der Waals surface area contributed by atoms with Gasteiger partial charge in [0.15, 0.2) is 0 Å². The van der Waals surface area contributed by atoms with Crippen molar-refractivity contribution < 1.29 is 4.79 Å². The van der Waals surface area contributed by atoms with Crippen molar-refractivity contribution in [3.05, 3.63) is 40.9 Å². The van der Waals surface area contributed by atoms with Crippen LogP contribution in [0, 0.1) is 0 Å². The molecule has 4 heteroatoms. The largest absolute Gasteiger partial charge is 0.336 e. The van der Waals surface area contributed by atoms with Crippen molar-refractivity contribution in [3.8, 4) is 0 Å². The summed E-state index contributed by atoms with van der Waals surface area (Å²) in [6, 6.07) is 7.85. The van der Waals surface area contributed by atoms with Crippen LogP contribution in [0.4, 0.5) is 0 Å². The molecule has 0 bridgehead atoms. The number of nitrogens with one attached hydrogen (secondary N) is 1. The highest BCUT2D eigenvalue weighted by molar-refractivity contribution is 6.32. The van der Waals surface area contributed by atoms with E-state index in [-0.39, 0.29) is 5.91 Å². The zero-order chi connectivity index (χ0) is 13.0. The molecule has 1 aliphatic rings. The molecular weight excluding hydrogens is 248 g/mol. The summed E-state index contributed by atoms with van der Waals surface area (Å²) in [5.74, 6) is 0.0447. The van der Waals surface area contributed by atoms with E-state index in [2.05, 4.69) is 12.2 Å². The first-order valence-corrected chi connectivity index (χ1v) is 6.49. The van der Waals surface area contributed by atoms with Gasteiger partial charge in [-0.15, -0.1) is 0 Å². The van der Waals surface area contributed by atoms with E-state index in [4.69, 9.17) is 11.6 Å². The summed E-state index contributed by atoms with van der Waals surface area (Å²) < 4.78 is 0. The SMILES string of the molecule is CC1CN(C(=O)/C=C/c2ccccc2Cl)CCN1. The van der Waals surface area contributed by atoms with Crippen LogP contribution in [0.3, 0.4) is 0 Å². The second-order valence-electron chi connectivity index (χ2n) is 4.49. The molecule has 96 valence electrons. The minimum absolute atomic E-state index is 0.0447. The number of hydrogen-bond donors (Lipinski definition) is 1. The topological polar surface area (TPSA) is 32.3 Å². The molecule has 3 nitrogen and oxygen atoms in total. The van der Waals surface area contributed by atoms with Crippen LogP contribution in [0.25, 0.3) is 6.08 Å². The van der Waals surface area contributed by atoms with Crippen molar-refractivity contribution >= 4 is 23.6 Å². The Hall–Kier alpha value is -1.32. The van der Waals surface area contributed by atoms with Gasteiger partial charge in [0.2, 0.25) is 5.91 Å². The standard InChI is InChI=1S/C14H17ClN2O/c1-11-10-17(9-8-16-11)14(18)7-6-12-4-2-3-5-13(12)15/h2-7,11,16H,8-10H2,1H3/b7-6+. The molecule has 18 heavy (non-hydrogen) atoms. The van der Waals surface area contributed by atoms with Crippen molar-refractivity contribution in [2.24, 2.45) is 0 Å². The molecule has 1 saturated heterocycles. The van der Waals surface area contributed by atoms with Crippen molar-refractivity contribution in [3.63, 3.8) is 0 Å². The van der Waals surface area contributed by atoms with Crippen LogP contribution in [0.5, 0.6) is 0 Å². The Labute approximate surface area is 112 Å². The highest BCUT2D eigenvalue weighted by atomic mass is 35.5. The first kappa shape index (κ1) is 13.1. The summed E-state index contributed by atoms with van der Waals surface area (Å²) >= 11 is 6.03. The lowest BCUT2D eigenvalue weighted by molar-refractivity contribution is -0.127. The van der Waals surface area contributed by atoms with Crippen LogP contribution in [0.1, 0.15) is 12.5 Å². The van der Waals surface area contributed by atoms with Crippen molar-refractivity contribution in [2.45, 2.75) is 13.0 Å². The third-order valence-electron chi connectivity index (χ3n) is 2.99. The summed E-state index contributed by atoms with van der Waals surface area (Å²) in [6.45, 7) is 4.45. The third-order valence-corrected chi connectivity index (χ3v) is 3.34. The Bertz CT molecular complexity index is 459. The Morgan fingerprint density at radius 3 is 3.00 bits per heavy atom. The molecule has 2 rings (SSSR count). The van der Waals surface area contributed by atoms with Crippen LogP contribution < -0.4 is 5.32 Å². The summed E-state index contributed by atoms with van der Waals surface area (Å²) in [5.41, 5.74) is 0.871. The smallest absolute Gasteiger partial charge is 0.246 e. The fourth-order valence-corrected chi connectivity index (χ4v) is 2.21. The van der Waals surface area contributed by atoms with E-state index in [0.29, 0.717) is 11.1 Å². The fraction of sp³-hybridized carbons (Fsp3) is 0.357.